The van der Waals surface area contributed by atoms with Gasteiger partial charge >= 0.3 is 5.97 Å². The van der Waals surface area contributed by atoms with Crippen LogP contribution in [-0.4, -0.2) is 17.5 Å². The first kappa shape index (κ1) is 19.4. The zero-order chi connectivity index (χ0) is 18.8. The van der Waals surface area contributed by atoms with E-state index < -0.39 is 10.9 Å². The zero-order valence-electron chi connectivity index (χ0n) is 14.8. The van der Waals surface area contributed by atoms with Gasteiger partial charge in [0, 0.05) is 6.07 Å². The molecule has 0 amide bonds. The van der Waals surface area contributed by atoms with E-state index in [0.29, 0.717) is 17.9 Å². The monoisotopic (exact) mass is 357 g/mol. The molecule has 0 saturated heterocycles. The minimum Gasteiger partial charge on any atom is -0.494 e. The number of non-ortho nitro benzene ring substituents is 1. The maximum atomic E-state index is 12.1. The average Bonchev–Trinajstić information content (AvgIpc) is 2.65. The molecule has 0 bridgehead atoms. The lowest BCUT2D eigenvalue weighted by molar-refractivity contribution is -0.384. The van der Waals surface area contributed by atoms with Crippen LogP contribution in [-0.2, 0) is 0 Å². The maximum absolute atomic E-state index is 12.1. The zero-order valence-corrected chi connectivity index (χ0v) is 14.8. The van der Waals surface area contributed by atoms with Gasteiger partial charge in [0.25, 0.3) is 5.69 Å². The fraction of sp³-hybridized carbons (Fsp3) is 0.350. The number of rotatable bonds is 10. The number of hydrogen-bond acceptors (Lipinski definition) is 5. The number of nitrogens with zero attached hydrogens (tertiary/aromatic N) is 1. The lowest BCUT2D eigenvalue weighted by Crippen LogP contribution is -2.08. The summed E-state index contributed by atoms with van der Waals surface area (Å²) in [6, 6.07) is 12.2. The Bertz CT molecular complexity index is 727. The Morgan fingerprint density at radius 1 is 1.00 bits per heavy atom. The molecule has 2 aromatic carbocycles. The molecule has 0 aliphatic carbocycles. The van der Waals surface area contributed by atoms with Crippen LogP contribution in [0.2, 0.25) is 0 Å². The third kappa shape index (κ3) is 6.20. The first-order valence-corrected chi connectivity index (χ1v) is 8.79. The minimum absolute atomic E-state index is 0.127. The van der Waals surface area contributed by atoms with Crippen LogP contribution in [0.3, 0.4) is 0 Å². The van der Waals surface area contributed by atoms with Crippen molar-refractivity contribution in [3.05, 3.63) is 64.2 Å². The summed E-state index contributed by atoms with van der Waals surface area (Å²) in [5, 5.41) is 10.8. The van der Waals surface area contributed by atoms with Gasteiger partial charge in [0.15, 0.2) is 0 Å². The van der Waals surface area contributed by atoms with Crippen molar-refractivity contribution in [3.8, 4) is 11.5 Å². The molecule has 0 saturated carbocycles. The Morgan fingerprint density at radius 2 is 1.73 bits per heavy atom. The van der Waals surface area contributed by atoms with Crippen LogP contribution < -0.4 is 9.47 Å². The number of ether oxygens (including phenoxy) is 2. The molecule has 0 N–H and O–H groups in total. The summed E-state index contributed by atoms with van der Waals surface area (Å²) in [5.41, 5.74) is 0.227. The average molecular weight is 357 g/mol. The second-order valence-electron chi connectivity index (χ2n) is 5.93. The molecule has 26 heavy (non-hydrogen) atoms. The van der Waals surface area contributed by atoms with Crippen molar-refractivity contribution in [1.29, 1.82) is 0 Å². The molecule has 0 spiro atoms. The highest BCUT2D eigenvalue weighted by atomic mass is 16.6. The minimum atomic E-state index is -0.573. The second kappa shape index (κ2) is 10.2. The van der Waals surface area contributed by atoms with Crippen LogP contribution in [0, 0.1) is 10.1 Å². The smallest absolute Gasteiger partial charge is 0.343 e. The van der Waals surface area contributed by atoms with E-state index in [2.05, 4.69) is 6.92 Å². The van der Waals surface area contributed by atoms with Gasteiger partial charge < -0.3 is 9.47 Å². The van der Waals surface area contributed by atoms with Crippen LogP contribution >= 0.6 is 0 Å². The van der Waals surface area contributed by atoms with Gasteiger partial charge in [-0.05, 0) is 36.8 Å². The number of unbranched alkanes of at least 4 members (excludes halogenated alkanes) is 4. The Labute approximate surface area is 152 Å². The molecule has 2 rings (SSSR count). The molecule has 6 nitrogen and oxygen atoms in total. The topological polar surface area (TPSA) is 78.7 Å². The lowest BCUT2D eigenvalue weighted by Gasteiger charge is -2.07. The number of benzene rings is 2. The van der Waals surface area contributed by atoms with Crippen molar-refractivity contribution in [1.82, 2.24) is 0 Å². The summed E-state index contributed by atoms with van der Waals surface area (Å²) in [6.45, 7) is 2.84. The van der Waals surface area contributed by atoms with Crippen molar-refractivity contribution in [2.75, 3.05) is 6.61 Å². The quantitative estimate of drug-likeness (QED) is 0.193. The van der Waals surface area contributed by atoms with Crippen molar-refractivity contribution in [2.24, 2.45) is 0 Å². The van der Waals surface area contributed by atoms with E-state index in [4.69, 9.17) is 9.47 Å². The predicted molar refractivity (Wildman–Crippen MR) is 98.8 cm³/mol. The molecule has 2 aromatic rings. The van der Waals surface area contributed by atoms with Crippen molar-refractivity contribution >= 4 is 11.7 Å². The predicted octanol–water partition coefficient (Wildman–Crippen LogP) is 5.16. The van der Waals surface area contributed by atoms with E-state index in [9.17, 15) is 14.9 Å². The van der Waals surface area contributed by atoms with Crippen LogP contribution in [0.25, 0.3) is 0 Å². The molecule has 6 heteroatoms. The Morgan fingerprint density at radius 3 is 2.42 bits per heavy atom. The number of carbonyl (C=O) groups excluding carboxylic acids is 1. The molecule has 0 heterocycles. The Balaban J connectivity index is 1.84. The Hall–Kier alpha value is -2.89. The highest BCUT2D eigenvalue weighted by Crippen LogP contribution is 2.21. The van der Waals surface area contributed by atoms with E-state index in [0.717, 1.165) is 12.8 Å². The summed E-state index contributed by atoms with van der Waals surface area (Å²) in [5.74, 6) is 0.264. The van der Waals surface area contributed by atoms with Crippen LogP contribution in [0.15, 0.2) is 48.5 Å². The molecule has 0 radical (unpaired) electrons. The molecular weight excluding hydrogens is 334 g/mol. The van der Waals surface area contributed by atoms with Gasteiger partial charge in [-0.25, -0.2) is 4.79 Å². The molecule has 138 valence electrons. The van der Waals surface area contributed by atoms with Crippen molar-refractivity contribution < 1.29 is 19.2 Å². The normalized spacial score (nSPS) is 10.3. The fourth-order valence-electron chi connectivity index (χ4n) is 2.41. The summed E-state index contributed by atoms with van der Waals surface area (Å²) in [7, 11) is 0. The number of nitro groups is 1. The summed E-state index contributed by atoms with van der Waals surface area (Å²) >= 11 is 0. The number of carbonyl (C=O) groups is 1. The van der Waals surface area contributed by atoms with Crippen molar-refractivity contribution in [2.45, 2.75) is 39.0 Å². The second-order valence-corrected chi connectivity index (χ2v) is 5.93. The number of hydrogen-bond donors (Lipinski definition) is 0. The fourth-order valence-corrected chi connectivity index (χ4v) is 2.41. The molecule has 0 fully saturated rings. The number of esters is 1. The first-order chi connectivity index (χ1) is 12.6. The van der Waals surface area contributed by atoms with E-state index in [1.165, 1.54) is 43.5 Å². The molecule has 0 aliphatic rings. The third-order valence-corrected chi connectivity index (χ3v) is 3.85. The summed E-state index contributed by atoms with van der Waals surface area (Å²) < 4.78 is 10.8. The van der Waals surface area contributed by atoms with E-state index >= 15 is 0 Å². The first-order valence-electron chi connectivity index (χ1n) is 8.79. The number of nitro benzene ring substituents is 1. The summed E-state index contributed by atoms with van der Waals surface area (Å²) in [6.07, 6.45) is 5.86. The van der Waals surface area contributed by atoms with E-state index in [1.807, 2.05) is 0 Å². The van der Waals surface area contributed by atoms with Gasteiger partial charge in [-0.2, -0.15) is 0 Å². The van der Waals surface area contributed by atoms with Gasteiger partial charge in [0.2, 0.25) is 0 Å². The lowest BCUT2D eigenvalue weighted by atomic mass is 10.2. The third-order valence-electron chi connectivity index (χ3n) is 3.85. The SMILES string of the molecule is CCCCCCCOc1ccc(C(=O)Oc2cccc([N+](=O)[O-])c2)cc1. The van der Waals surface area contributed by atoms with Crippen LogP contribution in [0.5, 0.6) is 11.5 Å². The molecular formula is C20H23NO5. The van der Waals surface area contributed by atoms with Gasteiger partial charge in [0.05, 0.1) is 23.2 Å². The standard InChI is InChI=1S/C20H23NO5/c1-2-3-4-5-6-14-25-18-12-10-16(11-13-18)20(22)26-19-9-7-8-17(15-19)21(23)24/h7-13,15H,2-6,14H2,1H3. The van der Waals surface area contributed by atoms with Gasteiger partial charge in [-0.3, -0.25) is 10.1 Å². The Kier molecular flexibility index (Phi) is 7.61. The van der Waals surface area contributed by atoms with Crippen molar-refractivity contribution in [3.63, 3.8) is 0 Å². The molecule has 0 unspecified atom stereocenters. The van der Waals surface area contributed by atoms with Crippen LogP contribution in [0.1, 0.15) is 49.4 Å². The highest BCUT2D eigenvalue weighted by molar-refractivity contribution is 5.91. The highest BCUT2D eigenvalue weighted by Gasteiger charge is 2.12. The maximum Gasteiger partial charge on any atom is 0.343 e. The largest absolute Gasteiger partial charge is 0.494 e. The summed E-state index contributed by atoms with van der Waals surface area (Å²) in [4.78, 5) is 22.4. The molecule has 0 aliphatic heterocycles. The van der Waals surface area contributed by atoms with Gasteiger partial charge in [-0.15, -0.1) is 0 Å². The molecule has 0 aromatic heterocycles. The van der Waals surface area contributed by atoms with Crippen LogP contribution in [0.4, 0.5) is 5.69 Å². The van der Waals surface area contributed by atoms with Gasteiger partial charge in [-0.1, -0.05) is 38.7 Å². The van der Waals surface area contributed by atoms with E-state index in [1.54, 1.807) is 24.3 Å². The van der Waals surface area contributed by atoms with E-state index in [-0.39, 0.29) is 11.4 Å². The van der Waals surface area contributed by atoms with Gasteiger partial charge in [0.1, 0.15) is 11.5 Å². The molecule has 0 atom stereocenters.